The van der Waals surface area contributed by atoms with Gasteiger partial charge >= 0.3 is 0 Å². The quantitative estimate of drug-likeness (QED) is 0.696. The van der Waals surface area contributed by atoms with E-state index in [0.717, 1.165) is 11.3 Å². The zero-order chi connectivity index (χ0) is 10.8. The molecule has 2 heterocycles. The molecule has 0 saturated carbocycles. The van der Waals surface area contributed by atoms with Crippen LogP contribution in [-0.2, 0) is 0 Å². The van der Waals surface area contributed by atoms with Gasteiger partial charge in [0.15, 0.2) is 5.78 Å². The van der Waals surface area contributed by atoms with Gasteiger partial charge < -0.3 is 0 Å². The average Bonchev–Trinajstić information content (AvgIpc) is 2.65. The zero-order valence-electron chi connectivity index (χ0n) is 8.64. The van der Waals surface area contributed by atoms with Crippen molar-refractivity contribution in [1.29, 1.82) is 0 Å². The predicted molar refractivity (Wildman–Crippen MR) is 56.1 cm³/mol. The maximum atomic E-state index is 11.0. The number of pyridine rings is 1. The normalized spacial score (nSPS) is 10.3. The molecule has 0 aliphatic heterocycles. The maximum absolute atomic E-state index is 11.0. The molecule has 0 aliphatic carbocycles. The predicted octanol–water partition coefficient (Wildman–Crippen LogP) is 1.78. The zero-order valence-corrected chi connectivity index (χ0v) is 8.64. The first-order chi connectivity index (χ1) is 7.16. The van der Waals surface area contributed by atoms with Crippen molar-refractivity contribution in [2.24, 2.45) is 0 Å². The lowest BCUT2D eigenvalue weighted by Crippen LogP contribution is -1.99. The topological polar surface area (TPSA) is 47.8 Å². The number of hydrogen-bond acceptors (Lipinski definition) is 3. The Morgan fingerprint density at radius 3 is 2.60 bits per heavy atom. The second kappa shape index (κ2) is 3.65. The molecule has 76 valence electrons. The van der Waals surface area contributed by atoms with Crippen LogP contribution in [0.15, 0.2) is 30.7 Å². The van der Waals surface area contributed by atoms with Gasteiger partial charge in [0.25, 0.3) is 0 Å². The summed E-state index contributed by atoms with van der Waals surface area (Å²) in [6, 6.07) is 3.53. The molecule has 2 rings (SSSR count). The van der Waals surface area contributed by atoms with Crippen LogP contribution < -0.4 is 0 Å². The fourth-order valence-electron chi connectivity index (χ4n) is 1.28. The molecular formula is C11H11N3O. The summed E-state index contributed by atoms with van der Waals surface area (Å²) in [7, 11) is 0. The highest BCUT2D eigenvalue weighted by molar-refractivity contribution is 5.92. The average molecular weight is 201 g/mol. The molecule has 0 atom stereocenters. The van der Waals surface area contributed by atoms with Crippen molar-refractivity contribution >= 4 is 5.78 Å². The van der Waals surface area contributed by atoms with E-state index in [1.165, 1.54) is 6.92 Å². The number of hydrogen-bond donors (Lipinski definition) is 0. The van der Waals surface area contributed by atoms with E-state index in [0.29, 0.717) is 5.69 Å². The van der Waals surface area contributed by atoms with Crippen LogP contribution in [0.3, 0.4) is 0 Å². The summed E-state index contributed by atoms with van der Waals surface area (Å²) >= 11 is 0. The Morgan fingerprint density at radius 1 is 1.33 bits per heavy atom. The van der Waals surface area contributed by atoms with Gasteiger partial charge in [-0.25, -0.2) is 4.68 Å². The molecule has 0 fully saturated rings. The largest absolute Gasteiger partial charge is 0.293 e. The highest BCUT2D eigenvalue weighted by atomic mass is 16.1. The smallest absolute Gasteiger partial charge is 0.178 e. The van der Waals surface area contributed by atoms with E-state index in [1.807, 2.05) is 19.2 Å². The van der Waals surface area contributed by atoms with Crippen molar-refractivity contribution in [3.8, 4) is 5.69 Å². The number of carbonyl (C=O) groups excluding carboxylic acids is 1. The molecule has 0 spiro atoms. The van der Waals surface area contributed by atoms with Gasteiger partial charge in [0.1, 0.15) is 5.69 Å². The molecule has 0 amide bonds. The number of rotatable bonds is 2. The van der Waals surface area contributed by atoms with E-state index >= 15 is 0 Å². The van der Waals surface area contributed by atoms with Crippen LogP contribution in [0.25, 0.3) is 5.69 Å². The van der Waals surface area contributed by atoms with Gasteiger partial charge in [-0.2, -0.15) is 5.10 Å². The Morgan fingerprint density at radius 2 is 2.13 bits per heavy atom. The Labute approximate surface area is 87.6 Å². The lowest BCUT2D eigenvalue weighted by molar-refractivity contribution is 0.101. The van der Waals surface area contributed by atoms with Crippen molar-refractivity contribution in [3.63, 3.8) is 0 Å². The van der Waals surface area contributed by atoms with Gasteiger partial charge in [0.05, 0.1) is 18.1 Å². The Kier molecular flexibility index (Phi) is 2.33. The summed E-state index contributed by atoms with van der Waals surface area (Å²) < 4.78 is 1.73. The number of Topliss-reactive ketones (excluding diaryl/α,β-unsaturated/α-hetero) is 1. The molecule has 0 unspecified atom stereocenters. The van der Waals surface area contributed by atoms with E-state index in [4.69, 9.17) is 0 Å². The lowest BCUT2D eigenvalue weighted by atomic mass is 10.2. The van der Waals surface area contributed by atoms with Crippen LogP contribution in [0.2, 0.25) is 0 Å². The van der Waals surface area contributed by atoms with Crippen molar-refractivity contribution in [2.45, 2.75) is 13.8 Å². The molecule has 0 aliphatic rings. The fraction of sp³-hybridized carbons (Fsp3) is 0.182. The summed E-state index contributed by atoms with van der Waals surface area (Å²) in [4.78, 5) is 15.1. The SMILES string of the molecule is CC(=O)c1ccc(-n2cc(C)cn2)cn1. The molecule has 4 heteroatoms. The number of ketones is 1. The number of nitrogens with zero attached hydrogens (tertiary/aromatic N) is 3. The first kappa shape index (κ1) is 9.58. The molecule has 0 aromatic carbocycles. The molecular weight excluding hydrogens is 190 g/mol. The van der Waals surface area contributed by atoms with Gasteiger partial charge in [0, 0.05) is 13.1 Å². The molecule has 2 aromatic rings. The minimum absolute atomic E-state index is 0.0294. The van der Waals surface area contributed by atoms with Crippen LogP contribution in [0.4, 0.5) is 0 Å². The van der Waals surface area contributed by atoms with E-state index in [2.05, 4.69) is 10.1 Å². The summed E-state index contributed by atoms with van der Waals surface area (Å²) in [5.41, 5.74) is 2.42. The molecule has 2 aromatic heterocycles. The number of aryl methyl sites for hydroxylation is 1. The molecule has 0 bridgehead atoms. The van der Waals surface area contributed by atoms with Crippen LogP contribution in [0, 0.1) is 6.92 Å². The summed E-state index contributed by atoms with van der Waals surface area (Å²) in [5.74, 6) is -0.0294. The third-order valence-corrected chi connectivity index (χ3v) is 2.08. The highest BCUT2D eigenvalue weighted by Crippen LogP contribution is 2.07. The first-order valence-electron chi connectivity index (χ1n) is 4.65. The molecule has 0 saturated heterocycles. The highest BCUT2D eigenvalue weighted by Gasteiger charge is 2.02. The summed E-state index contributed by atoms with van der Waals surface area (Å²) in [5, 5.41) is 4.15. The van der Waals surface area contributed by atoms with Crippen LogP contribution in [-0.4, -0.2) is 20.5 Å². The summed E-state index contributed by atoms with van der Waals surface area (Å²) in [6.07, 6.45) is 5.33. The van der Waals surface area contributed by atoms with Gasteiger partial charge in [-0.05, 0) is 24.6 Å². The van der Waals surface area contributed by atoms with Crippen LogP contribution in [0.5, 0.6) is 0 Å². The third kappa shape index (κ3) is 1.93. The third-order valence-electron chi connectivity index (χ3n) is 2.08. The van der Waals surface area contributed by atoms with E-state index in [9.17, 15) is 4.79 Å². The van der Waals surface area contributed by atoms with Gasteiger partial charge in [0.2, 0.25) is 0 Å². The number of aromatic nitrogens is 3. The summed E-state index contributed by atoms with van der Waals surface area (Å²) in [6.45, 7) is 3.47. The van der Waals surface area contributed by atoms with Crippen LogP contribution in [0.1, 0.15) is 23.0 Å². The molecule has 4 nitrogen and oxygen atoms in total. The minimum Gasteiger partial charge on any atom is -0.293 e. The minimum atomic E-state index is -0.0294. The van der Waals surface area contributed by atoms with E-state index in [-0.39, 0.29) is 5.78 Å². The second-order valence-electron chi connectivity index (χ2n) is 3.42. The Bertz CT molecular complexity index is 485. The molecule has 15 heavy (non-hydrogen) atoms. The first-order valence-corrected chi connectivity index (χ1v) is 4.65. The second-order valence-corrected chi connectivity index (χ2v) is 3.42. The van der Waals surface area contributed by atoms with Crippen molar-refractivity contribution in [3.05, 3.63) is 42.0 Å². The molecule has 0 N–H and O–H groups in total. The monoisotopic (exact) mass is 201 g/mol. The van der Waals surface area contributed by atoms with Crippen molar-refractivity contribution < 1.29 is 4.79 Å². The fourth-order valence-corrected chi connectivity index (χ4v) is 1.28. The lowest BCUT2D eigenvalue weighted by Gasteiger charge is -2.00. The van der Waals surface area contributed by atoms with Gasteiger partial charge in [-0.1, -0.05) is 0 Å². The van der Waals surface area contributed by atoms with Gasteiger partial charge in [-0.3, -0.25) is 9.78 Å². The van der Waals surface area contributed by atoms with Crippen molar-refractivity contribution in [1.82, 2.24) is 14.8 Å². The maximum Gasteiger partial charge on any atom is 0.178 e. The van der Waals surface area contributed by atoms with E-state index < -0.39 is 0 Å². The van der Waals surface area contributed by atoms with Crippen LogP contribution >= 0.6 is 0 Å². The Balaban J connectivity index is 2.35. The van der Waals surface area contributed by atoms with Gasteiger partial charge in [-0.15, -0.1) is 0 Å². The number of carbonyl (C=O) groups is 1. The van der Waals surface area contributed by atoms with E-state index in [1.54, 1.807) is 23.1 Å². The Hall–Kier alpha value is -1.97. The van der Waals surface area contributed by atoms with Crippen molar-refractivity contribution in [2.75, 3.05) is 0 Å². The standard InChI is InChI=1S/C11H11N3O/c1-8-5-13-14(7-8)10-3-4-11(9(2)15)12-6-10/h3-7H,1-2H3. The molecule has 0 radical (unpaired) electrons.